The highest BCUT2D eigenvalue weighted by Gasteiger charge is 2.64. The lowest BCUT2D eigenvalue weighted by Crippen LogP contribution is -2.13. The van der Waals surface area contributed by atoms with Gasteiger partial charge in [-0.05, 0) is 25.5 Å². The molecule has 2 aliphatic rings. The molecular formula is C14H16O4. The Bertz CT molecular complexity index is 495. The average Bonchev–Trinajstić information content (AvgIpc) is 2.91. The number of esters is 1. The van der Waals surface area contributed by atoms with E-state index in [1.54, 1.807) is 13.8 Å². The normalized spacial score (nSPS) is 28.9. The summed E-state index contributed by atoms with van der Waals surface area (Å²) in [5, 5.41) is 9.78. The third-order valence-electron chi connectivity index (χ3n) is 3.66. The first-order valence-electron chi connectivity index (χ1n) is 6.29. The van der Waals surface area contributed by atoms with Gasteiger partial charge in [-0.25, -0.2) is 0 Å². The first kappa shape index (κ1) is 11.5. The molecule has 1 aliphatic carbocycles. The van der Waals surface area contributed by atoms with E-state index in [-0.39, 0.29) is 23.9 Å². The molecule has 4 heteroatoms. The zero-order chi connectivity index (χ0) is 12.9. The Morgan fingerprint density at radius 1 is 1.56 bits per heavy atom. The molecule has 0 bridgehead atoms. The third kappa shape index (κ3) is 1.52. The second-order valence-corrected chi connectivity index (χ2v) is 4.82. The van der Waals surface area contributed by atoms with E-state index in [1.807, 2.05) is 18.2 Å². The number of hydrogen-bond acceptors (Lipinski definition) is 4. The van der Waals surface area contributed by atoms with E-state index >= 15 is 0 Å². The van der Waals surface area contributed by atoms with Gasteiger partial charge in [0.25, 0.3) is 0 Å². The molecule has 0 aromatic heterocycles. The molecule has 18 heavy (non-hydrogen) atoms. The predicted octanol–water partition coefficient (Wildman–Crippen LogP) is 1.78. The van der Waals surface area contributed by atoms with Gasteiger partial charge in [0.1, 0.15) is 17.8 Å². The van der Waals surface area contributed by atoms with Gasteiger partial charge in [-0.1, -0.05) is 12.1 Å². The van der Waals surface area contributed by atoms with Gasteiger partial charge in [0.05, 0.1) is 12.7 Å². The van der Waals surface area contributed by atoms with E-state index in [4.69, 9.17) is 9.47 Å². The predicted molar refractivity (Wildman–Crippen MR) is 64.4 cm³/mol. The van der Waals surface area contributed by atoms with Gasteiger partial charge in [0.2, 0.25) is 0 Å². The number of aliphatic hydroxyl groups is 1. The van der Waals surface area contributed by atoms with E-state index in [0.29, 0.717) is 6.61 Å². The summed E-state index contributed by atoms with van der Waals surface area (Å²) in [4.78, 5) is 11.7. The number of benzene rings is 1. The fraction of sp³-hybridized carbons (Fsp3) is 0.500. The Hall–Kier alpha value is -1.55. The van der Waals surface area contributed by atoms with Crippen LogP contribution in [0.4, 0.5) is 0 Å². The molecule has 1 saturated carbocycles. The summed E-state index contributed by atoms with van der Waals surface area (Å²) in [6.07, 6.45) is -0.648. The second-order valence-electron chi connectivity index (χ2n) is 4.82. The van der Waals surface area contributed by atoms with Crippen molar-refractivity contribution in [3.05, 3.63) is 29.3 Å². The molecule has 4 atom stereocenters. The van der Waals surface area contributed by atoms with Crippen molar-refractivity contribution in [1.82, 2.24) is 0 Å². The zero-order valence-electron chi connectivity index (χ0n) is 10.4. The number of fused-ring (bicyclic) bond motifs is 3. The van der Waals surface area contributed by atoms with Crippen LogP contribution in [0, 0.1) is 5.92 Å². The van der Waals surface area contributed by atoms with Gasteiger partial charge in [0.15, 0.2) is 0 Å². The number of aliphatic hydroxyl groups excluding tert-OH is 1. The zero-order valence-corrected chi connectivity index (χ0v) is 10.4. The first-order valence-corrected chi connectivity index (χ1v) is 6.29. The van der Waals surface area contributed by atoms with Crippen molar-refractivity contribution in [3.8, 4) is 5.75 Å². The number of hydrogen-bond donors (Lipinski definition) is 1. The molecule has 96 valence electrons. The van der Waals surface area contributed by atoms with Crippen LogP contribution in [0.2, 0.25) is 0 Å². The highest BCUT2D eigenvalue weighted by atomic mass is 16.5. The number of rotatable bonds is 3. The van der Waals surface area contributed by atoms with Gasteiger partial charge >= 0.3 is 5.97 Å². The van der Waals surface area contributed by atoms with Crippen LogP contribution in [0.3, 0.4) is 0 Å². The van der Waals surface area contributed by atoms with Gasteiger partial charge in [-0.15, -0.1) is 0 Å². The van der Waals surface area contributed by atoms with Crippen LogP contribution < -0.4 is 4.74 Å². The Morgan fingerprint density at radius 3 is 3.00 bits per heavy atom. The van der Waals surface area contributed by atoms with E-state index in [9.17, 15) is 9.90 Å². The molecule has 0 saturated heterocycles. The Labute approximate surface area is 106 Å². The van der Waals surface area contributed by atoms with Crippen LogP contribution in [0.5, 0.6) is 5.75 Å². The minimum absolute atomic E-state index is 0.0600. The van der Waals surface area contributed by atoms with E-state index < -0.39 is 6.10 Å². The molecule has 1 aromatic carbocycles. The summed E-state index contributed by atoms with van der Waals surface area (Å²) in [6, 6.07) is 5.64. The molecule has 1 aliphatic heterocycles. The van der Waals surface area contributed by atoms with Crippen molar-refractivity contribution in [2.75, 3.05) is 6.61 Å². The fourth-order valence-electron chi connectivity index (χ4n) is 2.82. The summed E-state index contributed by atoms with van der Waals surface area (Å²) in [5.74, 6) is 0.463. The van der Waals surface area contributed by atoms with Crippen LogP contribution in [0.25, 0.3) is 0 Å². The molecule has 1 fully saturated rings. The van der Waals surface area contributed by atoms with E-state index in [1.165, 1.54) is 0 Å². The molecule has 4 nitrogen and oxygen atoms in total. The Balaban J connectivity index is 1.90. The monoisotopic (exact) mass is 248 g/mol. The number of carbonyl (C=O) groups excluding carboxylic acids is 1. The van der Waals surface area contributed by atoms with Crippen molar-refractivity contribution in [3.63, 3.8) is 0 Å². The summed E-state index contributed by atoms with van der Waals surface area (Å²) in [6.45, 7) is 3.91. The lowest BCUT2D eigenvalue weighted by molar-refractivity contribution is -0.145. The maximum atomic E-state index is 11.7. The number of ether oxygens (including phenoxy) is 2. The molecule has 3 rings (SSSR count). The first-order chi connectivity index (χ1) is 8.65. The highest BCUT2D eigenvalue weighted by molar-refractivity contribution is 5.81. The molecule has 1 N–H and O–H groups in total. The van der Waals surface area contributed by atoms with Gasteiger partial charge in [-0.3, -0.25) is 4.79 Å². The molecule has 4 unspecified atom stereocenters. The third-order valence-corrected chi connectivity index (χ3v) is 3.66. The number of carbonyl (C=O) groups is 1. The fourth-order valence-corrected chi connectivity index (χ4v) is 2.82. The Morgan fingerprint density at radius 2 is 2.33 bits per heavy atom. The minimum atomic E-state index is -0.550. The second kappa shape index (κ2) is 3.99. The van der Waals surface area contributed by atoms with Crippen LogP contribution >= 0.6 is 0 Å². The van der Waals surface area contributed by atoms with Crippen molar-refractivity contribution in [2.24, 2.45) is 5.92 Å². The molecule has 0 spiro atoms. The van der Waals surface area contributed by atoms with Gasteiger partial charge in [-0.2, -0.15) is 0 Å². The SMILES string of the molecule is CCOC(=O)C1C2Oc3cccc(C(C)O)c3C21. The van der Waals surface area contributed by atoms with Crippen molar-refractivity contribution >= 4 is 5.97 Å². The van der Waals surface area contributed by atoms with Gasteiger partial charge in [0, 0.05) is 11.5 Å². The maximum absolute atomic E-state index is 11.7. The topological polar surface area (TPSA) is 55.8 Å². The molecule has 0 amide bonds. The van der Waals surface area contributed by atoms with Crippen molar-refractivity contribution in [2.45, 2.75) is 32.0 Å². The summed E-state index contributed by atoms with van der Waals surface area (Å²) < 4.78 is 10.8. The summed E-state index contributed by atoms with van der Waals surface area (Å²) in [7, 11) is 0. The van der Waals surface area contributed by atoms with Crippen molar-refractivity contribution < 1.29 is 19.4 Å². The smallest absolute Gasteiger partial charge is 0.313 e. The van der Waals surface area contributed by atoms with Crippen LogP contribution in [-0.4, -0.2) is 23.8 Å². The standard InChI is InChI=1S/C14H16O4/c1-3-17-14(16)12-11-10-8(7(2)15)5-4-6-9(10)18-13(11)12/h4-7,11-13,15H,3H2,1-2H3. The van der Waals surface area contributed by atoms with E-state index in [2.05, 4.69) is 0 Å². The molecular weight excluding hydrogens is 232 g/mol. The van der Waals surface area contributed by atoms with Crippen LogP contribution in [0.1, 0.15) is 37.0 Å². The lowest BCUT2D eigenvalue weighted by Gasteiger charge is -2.13. The quantitative estimate of drug-likeness (QED) is 0.828. The van der Waals surface area contributed by atoms with Gasteiger partial charge < -0.3 is 14.6 Å². The average molecular weight is 248 g/mol. The maximum Gasteiger partial charge on any atom is 0.313 e. The Kier molecular flexibility index (Phi) is 2.55. The minimum Gasteiger partial charge on any atom is -0.489 e. The molecule has 1 heterocycles. The summed E-state index contributed by atoms with van der Waals surface area (Å²) in [5.41, 5.74) is 1.84. The lowest BCUT2D eigenvalue weighted by atomic mass is 9.98. The van der Waals surface area contributed by atoms with Crippen molar-refractivity contribution in [1.29, 1.82) is 0 Å². The van der Waals surface area contributed by atoms with Crippen LogP contribution in [-0.2, 0) is 9.53 Å². The van der Waals surface area contributed by atoms with Crippen LogP contribution in [0.15, 0.2) is 18.2 Å². The largest absolute Gasteiger partial charge is 0.489 e. The summed E-state index contributed by atoms with van der Waals surface area (Å²) >= 11 is 0. The van der Waals surface area contributed by atoms with E-state index in [0.717, 1.165) is 16.9 Å². The molecule has 0 radical (unpaired) electrons. The highest BCUT2D eigenvalue weighted by Crippen LogP contribution is 2.60. The molecule has 1 aromatic rings.